The molecule has 3 heterocycles. The van der Waals surface area contributed by atoms with Gasteiger partial charge in [-0.15, -0.1) is 0 Å². The Morgan fingerprint density at radius 2 is 1.86 bits per heavy atom. The van der Waals surface area contributed by atoms with Gasteiger partial charge in [0.25, 0.3) is 5.91 Å². The predicted molar refractivity (Wildman–Crippen MR) is 151 cm³/mol. The summed E-state index contributed by atoms with van der Waals surface area (Å²) >= 11 is 0. The number of carbonyl (C=O) groups is 4. The molecule has 5 aliphatic carbocycles. The highest BCUT2D eigenvalue weighted by Gasteiger charge is 2.88. The van der Waals surface area contributed by atoms with Gasteiger partial charge in [0, 0.05) is 30.5 Å². The van der Waals surface area contributed by atoms with E-state index in [9.17, 15) is 29.4 Å². The molecule has 2 spiro atoms. The Kier molecular flexibility index (Phi) is 6.38. The second-order valence-electron chi connectivity index (χ2n) is 14.4. The highest BCUT2D eigenvalue weighted by Crippen LogP contribution is 2.76. The number of hydrogen-bond acceptors (Lipinski definition) is 9. The second kappa shape index (κ2) is 9.52. The molecule has 4 bridgehead atoms. The van der Waals surface area contributed by atoms with E-state index >= 15 is 0 Å². The van der Waals surface area contributed by atoms with E-state index in [-0.39, 0.29) is 29.9 Å². The fourth-order valence-corrected chi connectivity index (χ4v) is 10.2. The molecule has 1 aromatic rings. The Morgan fingerprint density at radius 3 is 2.56 bits per heavy atom. The van der Waals surface area contributed by atoms with Crippen molar-refractivity contribution in [2.75, 3.05) is 6.61 Å². The molecule has 0 aromatic carbocycles. The highest BCUT2D eigenvalue weighted by molar-refractivity contribution is 6.06. The number of Topliss-reactive ketones (excluding diaryl/α,β-unsaturated/α-hetero) is 2. The minimum Gasteiger partial charge on any atom is -0.460 e. The predicted octanol–water partition coefficient (Wildman–Crippen LogP) is 2.52. The SMILES string of the molecule is C=C1C(=O)[C@]23[C@H](OC(=O)C4CCC(NC(=O)c5ccccn5)CC4)[C@H]1CC[C@H]2[C@@]12CO[C@]3(O)[C@@H](O)[C@@H]1C(C)(C)CCC2=O. The van der Waals surface area contributed by atoms with E-state index in [1.165, 1.54) is 0 Å². The summed E-state index contributed by atoms with van der Waals surface area (Å²) < 4.78 is 12.3. The van der Waals surface area contributed by atoms with Crippen molar-refractivity contribution in [3.63, 3.8) is 0 Å². The first-order valence-corrected chi connectivity index (χ1v) is 15.6. The number of carbonyl (C=O) groups excluding carboxylic acids is 4. The Bertz CT molecular complexity index is 1400. The van der Waals surface area contributed by atoms with Gasteiger partial charge in [0.1, 0.15) is 29.1 Å². The first-order valence-electron chi connectivity index (χ1n) is 15.6. The van der Waals surface area contributed by atoms with E-state index in [4.69, 9.17) is 9.47 Å². The first-order chi connectivity index (χ1) is 20.4. The number of ether oxygens (including phenoxy) is 2. The van der Waals surface area contributed by atoms with Gasteiger partial charge in [0.2, 0.25) is 5.79 Å². The third-order valence-electron chi connectivity index (χ3n) is 12.2. The smallest absolute Gasteiger partial charge is 0.309 e. The van der Waals surface area contributed by atoms with Crippen LogP contribution in [0.5, 0.6) is 0 Å². The number of nitrogens with zero attached hydrogens (tertiary/aromatic N) is 1. The summed E-state index contributed by atoms with van der Waals surface area (Å²) in [5.74, 6) is -5.78. The number of esters is 1. The van der Waals surface area contributed by atoms with Crippen molar-refractivity contribution < 1.29 is 38.9 Å². The molecule has 7 aliphatic rings. The zero-order valence-corrected chi connectivity index (χ0v) is 24.7. The van der Waals surface area contributed by atoms with E-state index in [0.29, 0.717) is 57.1 Å². The average Bonchev–Trinajstić information content (AvgIpc) is 3.10. The molecule has 8 rings (SSSR count). The molecule has 3 N–H and O–H groups in total. The van der Waals surface area contributed by atoms with Gasteiger partial charge in [-0.05, 0) is 74.0 Å². The van der Waals surface area contributed by atoms with E-state index < -0.39 is 69.7 Å². The molecule has 2 aliphatic heterocycles. The molecule has 43 heavy (non-hydrogen) atoms. The molecule has 1 amide bonds. The van der Waals surface area contributed by atoms with Crippen LogP contribution < -0.4 is 5.32 Å². The van der Waals surface area contributed by atoms with Crippen LogP contribution in [0.1, 0.15) is 75.7 Å². The molecule has 0 unspecified atom stereocenters. The van der Waals surface area contributed by atoms with Gasteiger partial charge in [-0.2, -0.15) is 0 Å². The fraction of sp³-hybridized carbons (Fsp3) is 0.667. The summed E-state index contributed by atoms with van der Waals surface area (Å²) in [4.78, 5) is 58.5. The normalized spacial score (nSPS) is 44.4. The van der Waals surface area contributed by atoms with Crippen molar-refractivity contribution in [1.82, 2.24) is 10.3 Å². The molecule has 1 aromatic heterocycles. The van der Waals surface area contributed by atoms with Crippen LogP contribution in [0.4, 0.5) is 0 Å². The summed E-state index contributed by atoms with van der Waals surface area (Å²) in [7, 11) is 0. The Hall–Kier alpha value is -2.95. The number of aromatic nitrogens is 1. The average molecular weight is 593 g/mol. The lowest BCUT2D eigenvalue weighted by Gasteiger charge is -2.73. The zero-order chi connectivity index (χ0) is 30.5. The minimum absolute atomic E-state index is 0.0538. The topological polar surface area (TPSA) is 152 Å². The van der Waals surface area contributed by atoms with Gasteiger partial charge >= 0.3 is 5.97 Å². The van der Waals surface area contributed by atoms with Crippen LogP contribution in [0.2, 0.25) is 0 Å². The van der Waals surface area contributed by atoms with Crippen LogP contribution in [0.3, 0.4) is 0 Å². The Morgan fingerprint density at radius 1 is 1.12 bits per heavy atom. The number of nitrogens with one attached hydrogen (secondary N) is 1. The number of aliphatic hydroxyl groups excluding tert-OH is 1. The third-order valence-corrected chi connectivity index (χ3v) is 12.2. The van der Waals surface area contributed by atoms with Crippen LogP contribution in [0.25, 0.3) is 0 Å². The second-order valence-corrected chi connectivity index (χ2v) is 14.4. The van der Waals surface area contributed by atoms with Crippen molar-refractivity contribution >= 4 is 23.4 Å². The maximum atomic E-state index is 14.3. The molecule has 7 fully saturated rings. The van der Waals surface area contributed by atoms with E-state index in [2.05, 4.69) is 16.9 Å². The molecular formula is C33H40N2O8. The summed E-state index contributed by atoms with van der Waals surface area (Å²) in [6.07, 6.45) is 2.92. The van der Waals surface area contributed by atoms with Crippen LogP contribution in [0, 0.1) is 39.9 Å². The van der Waals surface area contributed by atoms with Crippen LogP contribution in [-0.2, 0) is 23.9 Å². The highest BCUT2D eigenvalue weighted by atomic mass is 16.6. The van der Waals surface area contributed by atoms with Gasteiger partial charge in [-0.3, -0.25) is 24.2 Å². The molecule has 10 heteroatoms. The zero-order valence-electron chi connectivity index (χ0n) is 24.7. The lowest BCUT2D eigenvalue weighted by Crippen LogP contribution is -2.85. The van der Waals surface area contributed by atoms with E-state index in [1.54, 1.807) is 24.4 Å². The first kappa shape index (κ1) is 28.8. The Labute approximate surface area is 250 Å². The summed E-state index contributed by atoms with van der Waals surface area (Å²) in [6.45, 7) is 7.99. The van der Waals surface area contributed by atoms with Crippen molar-refractivity contribution in [2.45, 2.75) is 89.3 Å². The van der Waals surface area contributed by atoms with Crippen LogP contribution >= 0.6 is 0 Å². The van der Waals surface area contributed by atoms with Crippen molar-refractivity contribution in [2.24, 2.45) is 39.9 Å². The van der Waals surface area contributed by atoms with Gasteiger partial charge in [-0.1, -0.05) is 26.5 Å². The number of aliphatic hydroxyl groups is 2. The van der Waals surface area contributed by atoms with Gasteiger partial charge in [0.05, 0.1) is 17.9 Å². The largest absolute Gasteiger partial charge is 0.460 e. The molecule has 8 atom stereocenters. The van der Waals surface area contributed by atoms with Gasteiger partial charge in [0.15, 0.2) is 5.78 Å². The quantitative estimate of drug-likeness (QED) is 0.354. The van der Waals surface area contributed by atoms with Crippen molar-refractivity contribution in [3.8, 4) is 0 Å². The van der Waals surface area contributed by atoms with Gasteiger partial charge < -0.3 is 25.0 Å². The minimum atomic E-state index is -2.31. The molecule has 0 radical (unpaired) electrons. The van der Waals surface area contributed by atoms with Gasteiger partial charge in [-0.25, -0.2) is 0 Å². The summed E-state index contributed by atoms with van der Waals surface area (Å²) in [5.41, 5.74) is -2.84. The van der Waals surface area contributed by atoms with E-state index in [1.807, 2.05) is 13.8 Å². The summed E-state index contributed by atoms with van der Waals surface area (Å²) in [5, 5.41) is 27.2. The van der Waals surface area contributed by atoms with E-state index in [0.717, 1.165) is 0 Å². The number of rotatable bonds is 4. The molecule has 10 nitrogen and oxygen atoms in total. The fourth-order valence-electron chi connectivity index (χ4n) is 10.2. The maximum Gasteiger partial charge on any atom is 0.309 e. The lowest BCUT2D eigenvalue weighted by molar-refractivity contribution is -0.437. The molecule has 230 valence electrons. The molecule has 5 saturated carbocycles. The number of fused-ring (bicyclic) bond motifs is 2. The Balaban J connectivity index is 1.15. The molecule has 2 saturated heterocycles. The summed E-state index contributed by atoms with van der Waals surface area (Å²) in [6, 6.07) is 5.03. The van der Waals surface area contributed by atoms with Crippen LogP contribution in [0.15, 0.2) is 36.5 Å². The van der Waals surface area contributed by atoms with Crippen molar-refractivity contribution in [3.05, 3.63) is 42.2 Å². The third kappa shape index (κ3) is 3.60. The monoisotopic (exact) mass is 592 g/mol. The standard InChI is InChI=1S/C33H40N2O8/c1-17-20-11-12-22-31-16-42-33(41,26(38)24(31)30(2,3)14-13-23(31)36)32(22,25(17)37)27(20)43-29(40)18-7-9-19(10-8-18)35-28(39)21-6-4-5-15-34-21/h4-6,15,18-20,22,24,26-27,38,41H,1,7-14,16H2,2-3H3,(H,35,39)/t18?,19?,20-,22-,24+,26-,27+,31+,32-,33+/m0/s1. The lowest BCUT2D eigenvalue weighted by atomic mass is 9.36. The number of pyridine rings is 1. The van der Waals surface area contributed by atoms with Crippen LogP contribution in [-0.4, -0.2) is 69.3 Å². The molecular weight excluding hydrogens is 552 g/mol. The number of ketones is 2. The number of hydrogen-bond donors (Lipinski definition) is 3. The maximum absolute atomic E-state index is 14.3. The van der Waals surface area contributed by atoms with Crippen molar-refractivity contribution in [1.29, 1.82) is 0 Å². The number of amides is 1.